The third kappa shape index (κ3) is 6.83. The van der Waals surface area contributed by atoms with Crippen LogP contribution in [0.15, 0.2) is 72.1 Å². The summed E-state index contributed by atoms with van der Waals surface area (Å²) in [5.74, 6) is 0. The topological polar surface area (TPSA) is 26.3 Å². The molecule has 1 unspecified atom stereocenters. The zero-order valence-electron chi connectivity index (χ0n) is 12.7. The summed E-state index contributed by atoms with van der Waals surface area (Å²) in [6, 6.07) is 20.6. The highest BCUT2D eigenvalue weighted by atomic mass is 32.2. The minimum absolute atomic E-state index is 0.518. The number of allylic oxidation sites excluding steroid dienone is 1. The van der Waals surface area contributed by atoms with Crippen LogP contribution in [0.25, 0.3) is 0 Å². The van der Waals surface area contributed by atoms with Crippen LogP contribution in [0.3, 0.4) is 0 Å². The molecule has 0 bridgehead atoms. The van der Waals surface area contributed by atoms with Gasteiger partial charge in [-0.3, -0.25) is 4.18 Å². The summed E-state index contributed by atoms with van der Waals surface area (Å²) in [4.78, 5) is 0. The first-order valence-corrected chi connectivity index (χ1v) is 8.77. The Bertz CT molecular complexity index is 579. The van der Waals surface area contributed by atoms with Crippen molar-refractivity contribution in [2.45, 2.75) is 25.7 Å². The van der Waals surface area contributed by atoms with E-state index in [9.17, 15) is 4.21 Å². The van der Waals surface area contributed by atoms with E-state index in [1.54, 1.807) is 5.41 Å². The van der Waals surface area contributed by atoms with Crippen LogP contribution < -0.4 is 0 Å². The van der Waals surface area contributed by atoms with Crippen molar-refractivity contribution in [3.63, 3.8) is 0 Å². The Hall–Kier alpha value is -1.71. The van der Waals surface area contributed by atoms with Crippen LogP contribution in [0.2, 0.25) is 0 Å². The monoisotopic (exact) mass is 314 g/mol. The summed E-state index contributed by atoms with van der Waals surface area (Å²) in [6.07, 6.45) is 5.61. The van der Waals surface area contributed by atoms with Gasteiger partial charge >= 0.3 is 0 Å². The number of benzene rings is 2. The van der Waals surface area contributed by atoms with Crippen molar-refractivity contribution < 1.29 is 8.39 Å². The van der Waals surface area contributed by atoms with Crippen LogP contribution in [0, 0.1) is 0 Å². The average molecular weight is 314 g/mol. The third-order valence-corrected chi connectivity index (χ3v) is 4.12. The second-order valence-electron chi connectivity index (χ2n) is 5.07. The lowest BCUT2D eigenvalue weighted by Gasteiger charge is -2.01. The van der Waals surface area contributed by atoms with E-state index < -0.39 is 11.1 Å². The first-order valence-electron chi connectivity index (χ1n) is 7.63. The highest BCUT2D eigenvalue weighted by Gasteiger charge is 1.96. The SMILES string of the molecule is O=S(/C=C/CCc1ccccc1)OCCCc1ccccc1. The summed E-state index contributed by atoms with van der Waals surface area (Å²) in [5, 5.41) is 1.64. The van der Waals surface area contributed by atoms with E-state index in [0.29, 0.717) is 6.61 Å². The molecule has 2 aromatic carbocycles. The molecular formula is C19H22O2S. The molecule has 3 heteroatoms. The normalized spacial score (nSPS) is 12.5. The van der Waals surface area contributed by atoms with E-state index >= 15 is 0 Å². The smallest absolute Gasteiger partial charge is 0.181 e. The minimum Gasteiger partial charge on any atom is -0.287 e. The molecular weight excluding hydrogens is 292 g/mol. The molecule has 0 amide bonds. The predicted molar refractivity (Wildman–Crippen MR) is 92.8 cm³/mol. The fraction of sp³-hybridized carbons (Fsp3) is 0.263. The molecule has 1 atom stereocenters. The summed E-state index contributed by atoms with van der Waals surface area (Å²) >= 11 is -1.32. The molecule has 0 saturated heterocycles. The molecule has 0 aromatic heterocycles. The zero-order valence-corrected chi connectivity index (χ0v) is 13.5. The molecule has 0 aliphatic carbocycles. The lowest BCUT2D eigenvalue weighted by atomic mass is 10.1. The minimum atomic E-state index is -1.32. The summed E-state index contributed by atoms with van der Waals surface area (Å²) < 4.78 is 17.0. The van der Waals surface area contributed by atoms with Gasteiger partial charge in [0, 0.05) is 5.41 Å². The van der Waals surface area contributed by atoms with Crippen molar-refractivity contribution in [1.82, 2.24) is 0 Å². The Morgan fingerprint density at radius 3 is 2.09 bits per heavy atom. The lowest BCUT2D eigenvalue weighted by molar-refractivity contribution is 0.344. The van der Waals surface area contributed by atoms with E-state index in [0.717, 1.165) is 25.7 Å². The number of aryl methyl sites for hydroxylation is 2. The van der Waals surface area contributed by atoms with Crippen molar-refractivity contribution in [2.75, 3.05) is 6.61 Å². The van der Waals surface area contributed by atoms with E-state index in [4.69, 9.17) is 4.18 Å². The molecule has 0 saturated carbocycles. The fourth-order valence-corrected chi connectivity index (χ4v) is 2.80. The van der Waals surface area contributed by atoms with Crippen LogP contribution >= 0.6 is 0 Å². The van der Waals surface area contributed by atoms with Gasteiger partial charge in [-0.1, -0.05) is 66.7 Å². The molecule has 0 radical (unpaired) electrons. The van der Waals surface area contributed by atoms with Gasteiger partial charge in [0.15, 0.2) is 11.1 Å². The van der Waals surface area contributed by atoms with E-state index in [2.05, 4.69) is 24.3 Å². The van der Waals surface area contributed by atoms with Crippen molar-refractivity contribution in [3.05, 3.63) is 83.3 Å². The fourth-order valence-electron chi connectivity index (χ4n) is 2.14. The van der Waals surface area contributed by atoms with Gasteiger partial charge in [-0.2, -0.15) is 0 Å². The number of hydrogen-bond acceptors (Lipinski definition) is 2. The van der Waals surface area contributed by atoms with Crippen LogP contribution in [0.4, 0.5) is 0 Å². The molecule has 0 aliphatic heterocycles. The molecule has 0 aliphatic rings. The number of rotatable bonds is 9. The van der Waals surface area contributed by atoms with Gasteiger partial charge < -0.3 is 0 Å². The Morgan fingerprint density at radius 1 is 0.864 bits per heavy atom. The molecule has 0 heterocycles. The van der Waals surface area contributed by atoms with Crippen LogP contribution in [0.1, 0.15) is 24.0 Å². The van der Waals surface area contributed by atoms with Gasteiger partial charge in [0.2, 0.25) is 0 Å². The maximum Gasteiger partial charge on any atom is 0.181 e. The Morgan fingerprint density at radius 2 is 1.45 bits per heavy atom. The molecule has 2 nitrogen and oxygen atoms in total. The van der Waals surface area contributed by atoms with Crippen molar-refractivity contribution in [3.8, 4) is 0 Å². The second kappa shape index (κ2) is 10.1. The maximum absolute atomic E-state index is 11.7. The van der Waals surface area contributed by atoms with Gasteiger partial charge in [0.25, 0.3) is 0 Å². The Labute approximate surface area is 135 Å². The quantitative estimate of drug-likeness (QED) is 0.639. The molecule has 0 N–H and O–H groups in total. The van der Waals surface area contributed by atoms with Gasteiger partial charge in [0.05, 0.1) is 6.61 Å². The average Bonchev–Trinajstić information content (AvgIpc) is 2.57. The molecule has 2 aromatic rings. The van der Waals surface area contributed by atoms with E-state index in [-0.39, 0.29) is 0 Å². The van der Waals surface area contributed by atoms with E-state index in [1.807, 2.05) is 42.5 Å². The molecule has 0 fully saturated rings. The zero-order chi connectivity index (χ0) is 15.5. The predicted octanol–water partition coefficient (Wildman–Crippen LogP) is 4.45. The summed E-state index contributed by atoms with van der Waals surface area (Å²) in [6.45, 7) is 0.518. The van der Waals surface area contributed by atoms with E-state index in [1.165, 1.54) is 11.1 Å². The van der Waals surface area contributed by atoms with Crippen LogP contribution in [-0.2, 0) is 28.1 Å². The molecule has 22 heavy (non-hydrogen) atoms. The van der Waals surface area contributed by atoms with Gasteiger partial charge in [0.1, 0.15) is 0 Å². The van der Waals surface area contributed by atoms with Gasteiger partial charge in [-0.05, 0) is 36.8 Å². The van der Waals surface area contributed by atoms with Crippen molar-refractivity contribution in [2.24, 2.45) is 0 Å². The van der Waals surface area contributed by atoms with Gasteiger partial charge in [-0.15, -0.1) is 0 Å². The highest BCUT2D eigenvalue weighted by Crippen LogP contribution is 2.05. The number of hydrogen-bond donors (Lipinski definition) is 0. The second-order valence-corrected chi connectivity index (χ2v) is 6.10. The lowest BCUT2D eigenvalue weighted by Crippen LogP contribution is -1.98. The highest BCUT2D eigenvalue weighted by molar-refractivity contribution is 7.83. The maximum atomic E-state index is 11.7. The largest absolute Gasteiger partial charge is 0.287 e. The first-order chi connectivity index (χ1) is 10.8. The summed E-state index contributed by atoms with van der Waals surface area (Å²) in [5.41, 5.74) is 2.58. The Balaban J connectivity index is 1.56. The third-order valence-electron chi connectivity index (χ3n) is 3.30. The van der Waals surface area contributed by atoms with Crippen molar-refractivity contribution in [1.29, 1.82) is 0 Å². The van der Waals surface area contributed by atoms with Crippen molar-refractivity contribution >= 4 is 11.1 Å². The molecule has 2 rings (SSSR count). The van der Waals surface area contributed by atoms with Gasteiger partial charge in [-0.25, -0.2) is 4.21 Å². The first kappa shape index (κ1) is 16.7. The standard InChI is InChI=1S/C19H22O2S/c20-22(17-8-7-14-18-10-3-1-4-11-18)21-16-9-15-19-12-5-2-6-13-19/h1-6,8,10-13,17H,7,9,14-16H2/b17-8+. The van der Waals surface area contributed by atoms with Crippen LogP contribution in [0.5, 0.6) is 0 Å². The molecule has 0 spiro atoms. The van der Waals surface area contributed by atoms with Crippen LogP contribution in [-0.4, -0.2) is 10.8 Å². The molecule has 116 valence electrons. The Kier molecular flexibility index (Phi) is 7.64. The summed E-state index contributed by atoms with van der Waals surface area (Å²) in [7, 11) is 0.